The first-order chi connectivity index (χ1) is 29.2. The fourth-order valence-electron chi connectivity index (χ4n) is 9.52. The van der Waals surface area contributed by atoms with Crippen molar-refractivity contribution in [2.45, 2.75) is 81.7 Å². The van der Waals surface area contributed by atoms with Crippen LogP contribution in [0.1, 0.15) is 70.7 Å². The predicted molar refractivity (Wildman–Crippen MR) is 229 cm³/mol. The van der Waals surface area contributed by atoms with E-state index in [2.05, 4.69) is 45.2 Å². The van der Waals surface area contributed by atoms with Gasteiger partial charge >= 0.3 is 0 Å². The van der Waals surface area contributed by atoms with E-state index < -0.39 is 23.9 Å². The average molecular weight is 823 g/mol. The van der Waals surface area contributed by atoms with Gasteiger partial charge in [0.25, 0.3) is 0 Å². The number of hydrogen-bond donors (Lipinski definition) is 9. The number of ether oxygens (including phenoxy) is 4. The zero-order chi connectivity index (χ0) is 42.0. The summed E-state index contributed by atoms with van der Waals surface area (Å²) in [5.41, 5.74) is 8.64. The number of aliphatic hydroxyl groups is 3. The van der Waals surface area contributed by atoms with Gasteiger partial charge in [0.2, 0.25) is 0 Å². The summed E-state index contributed by atoms with van der Waals surface area (Å²) < 4.78 is 26.9. The van der Waals surface area contributed by atoms with Crippen molar-refractivity contribution in [1.82, 2.24) is 20.9 Å². The van der Waals surface area contributed by atoms with Crippen LogP contribution in [0.15, 0.2) is 60.8 Å². The van der Waals surface area contributed by atoms with Crippen molar-refractivity contribution < 1.29 is 44.5 Å². The van der Waals surface area contributed by atoms with Crippen molar-refractivity contribution in [2.75, 3.05) is 53.9 Å². The van der Waals surface area contributed by atoms with Crippen LogP contribution in [-0.2, 0) is 36.8 Å². The van der Waals surface area contributed by atoms with E-state index in [1.165, 1.54) is 12.7 Å². The quantitative estimate of drug-likeness (QED) is 0.0458. The van der Waals surface area contributed by atoms with E-state index in [-0.39, 0.29) is 37.4 Å². The molecule has 0 spiro atoms. The van der Waals surface area contributed by atoms with Crippen molar-refractivity contribution in [3.05, 3.63) is 99.7 Å². The molecule has 1 aliphatic carbocycles. The molecule has 5 atom stereocenters. The van der Waals surface area contributed by atoms with E-state index in [0.29, 0.717) is 75.3 Å². The number of aromatic nitrogens is 1. The Morgan fingerprint density at radius 2 is 1.85 bits per heavy atom. The van der Waals surface area contributed by atoms with Gasteiger partial charge in [-0.05, 0) is 140 Å². The zero-order valence-corrected chi connectivity index (χ0v) is 34.6. The lowest BCUT2D eigenvalue weighted by atomic mass is 9.70. The Morgan fingerprint density at radius 1 is 0.983 bits per heavy atom. The number of aryl methyl sites for hydroxylation is 1. The van der Waals surface area contributed by atoms with Crippen molar-refractivity contribution >= 4 is 10.9 Å². The number of methoxy groups -OCH3 is 1. The number of phenols is 2. The summed E-state index contributed by atoms with van der Waals surface area (Å²) in [4.78, 5) is 3.30. The standard InChI is InChI=1S/C47H58N4O9/c1-27(54)22-49-25-50-24-47(58-26-48-2)21-39-38-18-31(16-28-6-11-40-29(15-28)12-13-51-40)37-20-33(55)7-9-35(37)42(38)45-36(10-8-34(23-53)59-45)44(39)60-46(47)32-17-30(5-4-14-52)43(56)41(19-32)57-3/h6-7,9,11-13,15,17,19-20,27,31,34,46,48-56H,4-5,8,10,14,16,18,21-26H2,1-3H3/t27-,31-,34-,46+,47-/m0/s1. The predicted octanol–water partition coefficient (Wildman–Crippen LogP) is 4.87. The number of nitrogens with one attached hydrogen (secondary N) is 4. The molecule has 13 nitrogen and oxygen atoms in total. The lowest BCUT2D eigenvalue weighted by Gasteiger charge is -2.47. The van der Waals surface area contributed by atoms with Gasteiger partial charge in [0, 0.05) is 61.2 Å². The van der Waals surface area contributed by atoms with Crippen LogP contribution in [-0.4, -0.2) is 102 Å². The number of phenolic OH excluding ortho intramolecular Hbond substituents is 2. The molecule has 4 aromatic carbocycles. The topological polar surface area (TPSA) is 190 Å². The Bertz CT molecular complexity index is 2310. The Hall–Kier alpha value is -4.86. The third kappa shape index (κ3) is 8.15. The number of fused-ring (bicyclic) bond motifs is 9. The minimum Gasteiger partial charge on any atom is -0.508 e. The van der Waals surface area contributed by atoms with Crippen LogP contribution >= 0.6 is 0 Å². The molecule has 320 valence electrons. The Kier molecular flexibility index (Phi) is 12.6. The molecule has 5 aromatic rings. The third-order valence-electron chi connectivity index (χ3n) is 12.3. The van der Waals surface area contributed by atoms with Crippen molar-refractivity contribution in [2.24, 2.45) is 0 Å². The molecule has 0 fully saturated rings. The minimum atomic E-state index is -1.02. The van der Waals surface area contributed by atoms with Crippen LogP contribution < -0.4 is 30.2 Å². The molecule has 2 aliphatic heterocycles. The van der Waals surface area contributed by atoms with Gasteiger partial charge in [-0.2, -0.15) is 0 Å². The van der Waals surface area contributed by atoms with Gasteiger partial charge in [-0.15, -0.1) is 0 Å². The molecule has 3 aliphatic rings. The van der Waals surface area contributed by atoms with E-state index >= 15 is 0 Å². The smallest absolute Gasteiger partial charge is 0.161 e. The first-order valence-corrected chi connectivity index (χ1v) is 21.1. The first-order valence-electron chi connectivity index (χ1n) is 21.1. The maximum Gasteiger partial charge on any atom is 0.161 e. The summed E-state index contributed by atoms with van der Waals surface area (Å²) >= 11 is 0. The highest BCUT2D eigenvalue weighted by Crippen LogP contribution is 2.58. The van der Waals surface area contributed by atoms with Crippen LogP contribution in [0, 0.1) is 0 Å². The Balaban J connectivity index is 1.32. The Morgan fingerprint density at radius 3 is 2.63 bits per heavy atom. The van der Waals surface area contributed by atoms with Gasteiger partial charge in [-0.3, -0.25) is 5.32 Å². The van der Waals surface area contributed by atoms with Gasteiger partial charge in [-0.1, -0.05) is 12.1 Å². The van der Waals surface area contributed by atoms with E-state index in [1.807, 2.05) is 31.4 Å². The van der Waals surface area contributed by atoms with Gasteiger partial charge in [-0.25, -0.2) is 0 Å². The monoisotopic (exact) mass is 822 g/mol. The number of aromatic amines is 1. The molecule has 9 N–H and O–H groups in total. The summed E-state index contributed by atoms with van der Waals surface area (Å²) in [6.07, 6.45) is 4.24. The zero-order valence-electron chi connectivity index (χ0n) is 34.6. The van der Waals surface area contributed by atoms with Crippen molar-refractivity contribution in [1.29, 1.82) is 0 Å². The highest BCUT2D eigenvalue weighted by molar-refractivity contribution is 5.85. The second-order valence-electron chi connectivity index (χ2n) is 16.6. The van der Waals surface area contributed by atoms with Crippen LogP contribution in [0.5, 0.6) is 28.7 Å². The lowest BCUT2D eigenvalue weighted by molar-refractivity contribution is -0.129. The maximum atomic E-state index is 11.2. The molecular weight excluding hydrogens is 765 g/mol. The van der Waals surface area contributed by atoms with Gasteiger partial charge in [0.05, 0.1) is 26.6 Å². The summed E-state index contributed by atoms with van der Waals surface area (Å²) in [5, 5.41) is 63.5. The van der Waals surface area contributed by atoms with Crippen molar-refractivity contribution in [3.63, 3.8) is 0 Å². The highest BCUT2D eigenvalue weighted by Gasteiger charge is 2.50. The molecule has 0 bridgehead atoms. The average Bonchev–Trinajstić information content (AvgIpc) is 3.73. The third-order valence-corrected chi connectivity index (χ3v) is 12.3. The number of aromatic hydroxyl groups is 2. The number of benzene rings is 4. The Labute approximate surface area is 350 Å². The summed E-state index contributed by atoms with van der Waals surface area (Å²) in [6.45, 7) is 2.95. The first kappa shape index (κ1) is 41.9. The number of aliphatic hydroxyl groups excluding tert-OH is 3. The van der Waals surface area contributed by atoms with Crippen LogP contribution in [0.4, 0.5) is 0 Å². The molecular formula is C47H58N4O9. The molecule has 1 aromatic heterocycles. The van der Waals surface area contributed by atoms with Gasteiger partial charge in [0.15, 0.2) is 17.6 Å². The fourth-order valence-corrected chi connectivity index (χ4v) is 9.52. The fraction of sp³-hybridized carbons (Fsp3) is 0.447. The molecule has 8 rings (SSSR count). The molecule has 0 unspecified atom stereocenters. The molecule has 0 saturated heterocycles. The number of H-pyrrole nitrogens is 1. The van der Waals surface area contributed by atoms with Crippen LogP contribution in [0.3, 0.4) is 0 Å². The van der Waals surface area contributed by atoms with Crippen LogP contribution in [0.25, 0.3) is 22.0 Å². The number of rotatable bonds is 17. The summed E-state index contributed by atoms with van der Waals surface area (Å²) in [5.74, 6) is 1.95. The van der Waals surface area contributed by atoms with E-state index in [0.717, 1.165) is 62.0 Å². The highest BCUT2D eigenvalue weighted by atomic mass is 16.6. The molecule has 0 saturated carbocycles. The SMILES string of the molecule is CNCO[C@]1(CNCNC[C@H](C)O)Cc2c3c(c4c(c2O[C@@H]1c1cc(CCCO)c(O)c(OC)c1)CC[C@@H](CO)O4)-c1ccc(O)cc1[C@@H](Cc1ccc2[nH]ccc2c1)C3. The molecule has 0 amide bonds. The van der Waals surface area contributed by atoms with Crippen molar-refractivity contribution in [3.8, 4) is 39.9 Å². The normalized spacial score (nSPS) is 21.0. The summed E-state index contributed by atoms with van der Waals surface area (Å²) in [7, 11) is 3.36. The number of hydrogen-bond acceptors (Lipinski definition) is 12. The van der Waals surface area contributed by atoms with E-state index in [4.69, 9.17) is 18.9 Å². The van der Waals surface area contributed by atoms with Gasteiger partial charge < -0.3 is 60.1 Å². The second kappa shape index (κ2) is 18.0. The van der Waals surface area contributed by atoms with Gasteiger partial charge in [0.1, 0.15) is 29.0 Å². The van der Waals surface area contributed by atoms with Crippen LogP contribution in [0.2, 0.25) is 0 Å². The molecule has 13 heteroatoms. The molecule has 3 heterocycles. The summed E-state index contributed by atoms with van der Waals surface area (Å²) in [6, 6.07) is 17.9. The lowest BCUT2D eigenvalue weighted by Crippen LogP contribution is -2.56. The van der Waals surface area contributed by atoms with E-state index in [9.17, 15) is 25.5 Å². The minimum absolute atomic E-state index is 0.000962. The molecule has 60 heavy (non-hydrogen) atoms. The maximum absolute atomic E-state index is 11.2. The molecule has 0 radical (unpaired) electrons. The van der Waals surface area contributed by atoms with E-state index in [1.54, 1.807) is 19.1 Å². The largest absolute Gasteiger partial charge is 0.508 e. The second-order valence-corrected chi connectivity index (χ2v) is 16.6.